The van der Waals surface area contributed by atoms with Gasteiger partial charge in [-0.05, 0) is 44.3 Å². The van der Waals surface area contributed by atoms with Gasteiger partial charge in [-0.1, -0.05) is 25.7 Å². The number of fused-ring (bicyclic) bond motifs is 1. The highest BCUT2D eigenvalue weighted by Gasteiger charge is 2.15. The van der Waals surface area contributed by atoms with Crippen LogP contribution in [0.4, 0.5) is 0 Å². The first-order valence-corrected chi connectivity index (χ1v) is 12.5. The van der Waals surface area contributed by atoms with Gasteiger partial charge in [-0.2, -0.15) is 0 Å². The molecule has 0 aliphatic rings. The maximum absolute atomic E-state index is 12.1. The summed E-state index contributed by atoms with van der Waals surface area (Å²) >= 11 is 0. The van der Waals surface area contributed by atoms with Gasteiger partial charge < -0.3 is 19.8 Å². The lowest BCUT2D eigenvalue weighted by Gasteiger charge is -2.22. The second-order valence-electron chi connectivity index (χ2n) is 8.00. The maximum atomic E-state index is 12.1. The first kappa shape index (κ1) is 19.9. The topological polar surface area (TPSA) is 73.6 Å². The number of nitrogens with two attached hydrogens (primary N) is 1. The van der Waals surface area contributed by atoms with E-state index in [0.717, 1.165) is 23.5 Å². The van der Waals surface area contributed by atoms with Gasteiger partial charge in [-0.3, -0.25) is 0 Å². The summed E-state index contributed by atoms with van der Waals surface area (Å²) in [5.74, 6) is -0.372. The van der Waals surface area contributed by atoms with Crippen molar-refractivity contribution in [3.05, 3.63) is 34.3 Å². The van der Waals surface area contributed by atoms with Crippen LogP contribution in [0.3, 0.4) is 0 Å². The van der Waals surface area contributed by atoms with Gasteiger partial charge in [0.1, 0.15) is 6.73 Å². The number of likely N-dealkylation sites (N-methyl/N-ethyl adjacent to an activating group) is 1. The smallest absolute Gasteiger partial charge is 0.408 e. The van der Waals surface area contributed by atoms with Crippen LogP contribution in [0.2, 0.25) is 25.7 Å². The Morgan fingerprint density at radius 1 is 1.32 bits per heavy atom. The zero-order valence-corrected chi connectivity index (χ0v) is 17.0. The highest BCUT2D eigenvalue weighted by molar-refractivity contribution is 6.76. The van der Waals surface area contributed by atoms with Crippen LogP contribution in [0, 0.1) is 0 Å². The van der Waals surface area contributed by atoms with Gasteiger partial charge in [-0.15, -0.1) is 0 Å². The van der Waals surface area contributed by atoms with E-state index in [1.807, 2.05) is 32.3 Å². The average molecular weight is 366 g/mol. The van der Waals surface area contributed by atoms with Gasteiger partial charge in [0.2, 0.25) is 0 Å². The zero-order chi connectivity index (χ0) is 18.6. The summed E-state index contributed by atoms with van der Waals surface area (Å²) in [6.45, 7) is 8.41. The quantitative estimate of drug-likeness (QED) is 0.545. The van der Waals surface area contributed by atoms with Crippen molar-refractivity contribution < 1.29 is 9.15 Å². The minimum Gasteiger partial charge on any atom is -0.408 e. The summed E-state index contributed by atoms with van der Waals surface area (Å²) in [5, 5.41) is 0. The van der Waals surface area contributed by atoms with Crippen LogP contribution in [-0.2, 0) is 17.9 Å². The lowest BCUT2D eigenvalue weighted by Crippen LogP contribution is -2.36. The molecule has 1 atom stereocenters. The molecule has 0 fully saturated rings. The van der Waals surface area contributed by atoms with Crippen molar-refractivity contribution >= 4 is 19.2 Å². The van der Waals surface area contributed by atoms with Crippen molar-refractivity contribution in [2.45, 2.75) is 44.9 Å². The minimum atomic E-state index is -1.13. The Bertz CT molecular complexity index is 746. The number of rotatable bonds is 9. The van der Waals surface area contributed by atoms with Crippen LogP contribution in [0.1, 0.15) is 5.56 Å². The Morgan fingerprint density at radius 2 is 2.04 bits per heavy atom. The molecule has 2 rings (SSSR count). The standard InChI is InChI=1S/C18H31N3O3Si/c1-20(2)15(12-19)10-14-6-7-16-17(11-14)24-18(22)21(16)13-23-8-9-25(3,4)5/h6-7,11,15H,8-10,12-13,19H2,1-5H3. The van der Waals surface area contributed by atoms with Crippen LogP contribution in [0.5, 0.6) is 0 Å². The van der Waals surface area contributed by atoms with Crippen molar-refractivity contribution in [2.75, 3.05) is 27.2 Å². The molecule has 6 nitrogen and oxygen atoms in total. The van der Waals surface area contributed by atoms with Crippen molar-refractivity contribution in [3.63, 3.8) is 0 Å². The molecule has 0 aliphatic carbocycles. The highest BCUT2D eigenvalue weighted by atomic mass is 28.3. The zero-order valence-electron chi connectivity index (χ0n) is 16.0. The van der Waals surface area contributed by atoms with E-state index >= 15 is 0 Å². The fourth-order valence-corrected chi connectivity index (χ4v) is 3.40. The minimum absolute atomic E-state index is 0.235. The number of benzene rings is 1. The molecule has 1 aromatic carbocycles. The molecule has 0 spiro atoms. The van der Waals surface area contributed by atoms with E-state index in [1.54, 1.807) is 4.57 Å². The molecule has 0 radical (unpaired) electrons. The van der Waals surface area contributed by atoms with Crippen molar-refractivity contribution in [3.8, 4) is 0 Å². The molecule has 2 N–H and O–H groups in total. The molecular weight excluding hydrogens is 334 g/mol. The summed E-state index contributed by atoms with van der Waals surface area (Å²) < 4.78 is 12.7. The SMILES string of the molecule is CN(C)C(CN)Cc1ccc2c(c1)oc(=O)n2COCC[Si](C)(C)C. The normalized spacial score (nSPS) is 13.7. The number of nitrogens with zero attached hydrogens (tertiary/aromatic N) is 2. The number of oxazole rings is 1. The van der Waals surface area contributed by atoms with Crippen LogP contribution in [0.25, 0.3) is 11.1 Å². The van der Waals surface area contributed by atoms with Gasteiger partial charge in [0.05, 0.1) is 5.52 Å². The first-order valence-electron chi connectivity index (χ1n) is 8.78. The summed E-state index contributed by atoms with van der Waals surface area (Å²) in [4.78, 5) is 14.2. The summed E-state index contributed by atoms with van der Waals surface area (Å²) in [5.41, 5.74) is 8.31. The van der Waals surface area contributed by atoms with E-state index in [-0.39, 0.29) is 18.5 Å². The van der Waals surface area contributed by atoms with Crippen molar-refractivity contribution in [1.29, 1.82) is 0 Å². The number of ether oxygens (including phenoxy) is 1. The molecule has 7 heteroatoms. The number of hydrogen-bond acceptors (Lipinski definition) is 5. The molecule has 1 heterocycles. The lowest BCUT2D eigenvalue weighted by atomic mass is 10.0. The van der Waals surface area contributed by atoms with E-state index in [2.05, 4.69) is 24.5 Å². The monoisotopic (exact) mass is 365 g/mol. The van der Waals surface area contributed by atoms with Crippen LogP contribution >= 0.6 is 0 Å². The Balaban J connectivity index is 2.11. The molecule has 1 aromatic heterocycles. The van der Waals surface area contributed by atoms with Gasteiger partial charge >= 0.3 is 5.76 Å². The summed E-state index contributed by atoms with van der Waals surface area (Å²) in [6.07, 6.45) is 0.820. The molecule has 0 saturated heterocycles. The van der Waals surface area contributed by atoms with E-state index in [9.17, 15) is 4.79 Å². The fourth-order valence-electron chi connectivity index (χ4n) is 2.64. The molecular formula is C18H31N3O3Si. The molecule has 0 aliphatic heterocycles. The Kier molecular flexibility index (Phi) is 6.62. The van der Waals surface area contributed by atoms with Crippen LogP contribution in [-0.4, -0.2) is 50.8 Å². The van der Waals surface area contributed by atoms with E-state index in [1.165, 1.54) is 0 Å². The number of hydrogen-bond donors (Lipinski definition) is 1. The Labute approximate surface area is 150 Å². The van der Waals surface area contributed by atoms with Crippen LogP contribution in [0.15, 0.2) is 27.4 Å². The Morgan fingerprint density at radius 3 is 2.64 bits per heavy atom. The largest absolute Gasteiger partial charge is 0.421 e. The van der Waals surface area contributed by atoms with Crippen molar-refractivity contribution in [1.82, 2.24) is 9.47 Å². The number of aromatic nitrogens is 1. The molecule has 0 saturated carbocycles. The molecule has 140 valence electrons. The average Bonchev–Trinajstić information content (AvgIpc) is 2.82. The third-order valence-corrected chi connectivity index (χ3v) is 6.13. The van der Waals surface area contributed by atoms with Gasteiger partial charge in [0.15, 0.2) is 5.58 Å². The predicted molar refractivity (Wildman–Crippen MR) is 105 cm³/mol. The summed E-state index contributed by atoms with van der Waals surface area (Å²) in [6, 6.07) is 7.23. The fraction of sp³-hybridized carbons (Fsp3) is 0.611. The lowest BCUT2D eigenvalue weighted by molar-refractivity contribution is 0.0850. The third-order valence-electron chi connectivity index (χ3n) is 4.42. The van der Waals surface area contributed by atoms with Crippen LogP contribution < -0.4 is 11.5 Å². The summed E-state index contributed by atoms with van der Waals surface area (Å²) in [7, 11) is 2.90. The molecule has 25 heavy (non-hydrogen) atoms. The molecule has 0 bridgehead atoms. The van der Waals surface area contributed by atoms with Crippen molar-refractivity contribution in [2.24, 2.45) is 5.73 Å². The first-order chi connectivity index (χ1) is 11.7. The van der Waals surface area contributed by atoms with E-state index in [0.29, 0.717) is 18.7 Å². The second kappa shape index (κ2) is 8.31. The maximum Gasteiger partial charge on any atom is 0.421 e. The predicted octanol–water partition coefficient (Wildman–Crippen LogP) is 2.34. The van der Waals surface area contributed by atoms with E-state index in [4.69, 9.17) is 14.9 Å². The molecule has 2 aromatic rings. The second-order valence-corrected chi connectivity index (χ2v) is 13.6. The third kappa shape index (κ3) is 5.54. The highest BCUT2D eigenvalue weighted by Crippen LogP contribution is 2.17. The molecule has 0 amide bonds. The Hall–Kier alpha value is -1.41. The van der Waals surface area contributed by atoms with Gasteiger partial charge in [0, 0.05) is 27.3 Å². The van der Waals surface area contributed by atoms with Gasteiger partial charge in [-0.25, -0.2) is 9.36 Å². The van der Waals surface area contributed by atoms with E-state index < -0.39 is 8.07 Å². The van der Waals surface area contributed by atoms with Gasteiger partial charge in [0.25, 0.3) is 0 Å². The molecule has 1 unspecified atom stereocenters.